The smallest absolute Gasteiger partial charge is 0.0635 e. The standard InChI is InChI=1S/C46H30N2/c1-3-11-31(12-4-1)35-27-36(32-13-5-2-6-14-32)30-38(29-35)47-26-25-43-44(47)24-23-42-41-17-9-10-18-45(41)48(46(42)43)37-21-22-40-34(28-37)20-19-33-15-7-8-16-39(33)40/h1-30H. The van der Waals surface area contributed by atoms with Crippen LogP contribution in [-0.4, -0.2) is 9.13 Å². The monoisotopic (exact) mass is 610 g/mol. The Balaban J connectivity index is 1.22. The minimum atomic E-state index is 1.14. The van der Waals surface area contributed by atoms with E-state index in [-0.39, 0.29) is 0 Å². The van der Waals surface area contributed by atoms with Crippen LogP contribution in [0.25, 0.3) is 87.9 Å². The number of nitrogens with zero attached hydrogens (tertiary/aromatic N) is 2. The van der Waals surface area contributed by atoms with Gasteiger partial charge in [-0.2, -0.15) is 0 Å². The molecule has 224 valence electrons. The van der Waals surface area contributed by atoms with Crippen molar-refractivity contribution in [1.82, 2.24) is 9.13 Å². The van der Waals surface area contributed by atoms with Gasteiger partial charge in [-0.3, -0.25) is 0 Å². The van der Waals surface area contributed by atoms with Crippen molar-refractivity contribution < 1.29 is 0 Å². The molecule has 0 saturated heterocycles. The molecule has 10 rings (SSSR count). The molecule has 0 saturated carbocycles. The van der Waals surface area contributed by atoms with E-state index in [4.69, 9.17) is 0 Å². The summed E-state index contributed by atoms with van der Waals surface area (Å²) in [4.78, 5) is 0. The Hall–Kier alpha value is -6.38. The lowest BCUT2D eigenvalue weighted by Gasteiger charge is -2.14. The highest BCUT2D eigenvalue weighted by molar-refractivity contribution is 6.19. The first-order chi connectivity index (χ1) is 23.8. The number of hydrogen-bond donors (Lipinski definition) is 0. The molecule has 0 amide bonds. The summed E-state index contributed by atoms with van der Waals surface area (Å²) in [5, 5.41) is 8.83. The normalized spacial score (nSPS) is 11.8. The maximum Gasteiger partial charge on any atom is 0.0635 e. The van der Waals surface area contributed by atoms with Crippen molar-refractivity contribution in [3.63, 3.8) is 0 Å². The lowest BCUT2D eigenvalue weighted by atomic mass is 9.98. The van der Waals surface area contributed by atoms with E-state index in [1.807, 2.05) is 0 Å². The molecule has 2 aromatic heterocycles. The van der Waals surface area contributed by atoms with Gasteiger partial charge in [-0.15, -0.1) is 0 Å². The number of aromatic nitrogens is 2. The molecule has 2 heteroatoms. The van der Waals surface area contributed by atoms with Gasteiger partial charge in [0.05, 0.1) is 16.6 Å². The van der Waals surface area contributed by atoms with Crippen molar-refractivity contribution in [2.24, 2.45) is 0 Å². The van der Waals surface area contributed by atoms with E-state index in [1.165, 1.54) is 82.2 Å². The predicted molar refractivity (Wildman–Crippen MR) is 203 cm³/mol. The van der Waals surface area contributed by atoms with E-state index in [0.717, 1.165) is 5.69 Å². The summed E-state index contributed by atoms with van der Waals surface area (Å²) >= 11 is 0. The Morgan fingerprint density at radius 3 is 1.71 bits per heavy atom. The van der Waals surface area contributed by atoms with Crippen LogP contribution in [0.2, 0.25) is 0 Å². The number of para-hydroxylation sites is 1. The van der Waals surface area contributed by atoms with Crippen LogP contribution in [0, 0.1) is 0 Å². The molecule has 0 spiro atoms. The van der Waals surface area contributed by atoms with Crippen LogP contribution < -0.4 is 0 Å². The number of fused-ring (bicyclic) bond motifs is 8. The average Bonchev–Trinajstić information content (AvgIpc) is 3.75. The quantitative estimate of drug-likeness (QED) is 0.175. The molecule has 2 heterocycles. The Morgan fingerprint density at radius 2 is 0.938 bits per heavy atom. The number of rotatable bonds is 4. The zero-order chi connectivity index (χ0) is 31.6. The van der Waals surface area contributed by atoms with Gasteiger partial charge in [-0.1, -0.05) is 127 Å². The van der Waals surface area contributed by atoms with E-state index in [0.29, 0.717) is 0 Å². The van der Waals surface area contributed by atoms with Gasteiger partial charge in [-0.25, -0.2) is 0 Å². The third-order valence-corrected chi connectivity index (χ3v) is 9.90. The van der Waals surface area contributed by atoms with Crippen LogP contribution in [-0.2, 0) is 0 Å². The first kappa shape index (κ1) is 26.8. The Kier molecular flexibility index (Phi) is 5.91. The maximum absolute atomic E-state index is 2.46. The van der Waals surface area contributed by atoms with Crippen LogP contribution in [0.4, 0.5) is 0 Å². The maximum atomic E-state index is 2.46. The molecule has 0 bridgehead atoms. The largest absolute Gasteiger partial charge is 0.316 e. The van der Waals surface area contributed by atoms with Gasteiger partial charge in [-0.05, 0) is 92.3 Å². The van der Waals surface area contributed by atoms with E-state index in [2.05, 4.69) is 191 Å². The van der Waals surface area contributed by atoms with Crippen LogP contribution in [0.1, 0.15) is 0 Å². The average molecular weight is 611 g/mol. The lowest BCUT2D eigenvalue weighted by molar-refractivity contribution is 1.13. The van der Waals surface area contributed by atoms with E-state index < -0.39 is 0 Å². The van der Waals surface area contributed by atoms with Gasteiger partial charge >= 0.3 is 0 Å². The topological polar surface area (TPSA) is 9.86 Å². The highest BCUT2D eigenvalue weighted by Gasteiger charge is 2.18. The van der Waals surface area contributed by atoms with Gasteiger partial charge in [0.2, 0.25) is 0 Å². The third kappa shape index (κ3) is 4.13. The number of benzene rings is 8. The molecule has 0 fully saturated rings. The van der Waals surface area contributed by atoms with Crippen LogP contribution in [0.15, 0.2) is 182 Å². The summed E-state index contributed by atoms with van der Waals surface area (Å²) < 4.78 is 4.81. The molecule has 2 nitrogen and oxygen atoms in total. The van der Waals surface area contributed by atoms with E-state index in [9.17, 15) is 0 Å². The van der Waals surface area contributed by atoms with Crippen LogP contribution >= 0.6 is 0 Å². The minimum absolute atomic E-state index is 1.14. The van der Waals surface area contributed by atoms with Crippen molar-refractivity contribution in [1.29, 1.82) is 0 Å². The van der Waals surface area contributed by atoms with Crippen molar-refractivity contribution >= 4 is 54.3 Å². The Bertz CT molecular complexity index is 2760. The third-order valence-electron chi connectivity index (χ3n) is 9.90. The van der Waals surface area contributed by atoms with Crippen molar-refractivity contribution in [3.05, 3.63) is 182 Å². The summed E-state index contributed by atoms with van der Waals surface area (Å²) in [6, 6.07) is 64.0. The molecule has 0 aliphatic rings. The summed E-state index contributed by atoms with van der Waals surface area (Å²) in [6.07, 6.45) is 2.23. The predicted octanol–water partition coefficient (Wildman–Crippen LogP) is 12.4. The molecule has 0 N–H and O–H groups in total. The Labute approximate surface area is 278 Å². The fourth-order valence-electron chi connectivity index (χ4n) is 7.65. The molecule has 10 aromatic rings. The molecule has 0 aliphatic carbocycles. The SMILES string of the molecule is c1ccc(-c2cc(-c3ccccc3)cc(-n3ccc4c3ccc3c5ccccc5n(-c5ccc6c(ccc7ccccc76)c5)c34)c2)cc1. The fraction of sp³-hybridized carbons (Fsp3) is 0. The van der Waals surface area contributed by atoms with Crippen molar-refractivity contribution in [2.75, 3.05) is 0 Å². The summed E-state index contributed by atoms with van der Waals surface area (Å²) in [6.45, 7) is 0. The molecule has 0 unspecified atom stereocenters. The van der Waals surface area contributed by atoms with Gasteiger partial charge in [0, 0.05) is 33.7 Å². The summed E-state index contributed by atoms with van der Waals surface area (Å²) in [5.74, 6) is 0. The molecule has 0 radical (unpaired) electrons. The first-order valence-electron chi connectivity index (χ1n) is 16.5. The second-order valence-corrected chi connectivity index (χ2v) is 12.6. The lowest BCUT2D eigenvalue weighted by Crippen LogP contribution is -1.96. The molecular weight excluding hydrogens is 581 g/mol. The zero-order valence-corrected chi connectivity index (χ0v) is 26.2. The van der Waals surface area contributed by atoms with Gasteiger partial charge in [0.1, 0.15) is 0 Å². The van der Waals surface area contributed by atoms with Crippen LogP contribution in [0.3, 0.4) is 0 Å². The van der Waals surface area contributed by atoms with Crippen molar-refractivity contribution in [2.45, 2.75) is 0 Å². The second-order valence-electron chi connectivity index (χ2n) is 12.6. The van der Waals surface area contributed by atoms with Gasteiger partial charge in [0.15, 0.2) is 0 Å². The highest BCUT2D eigenvalue weighted by Crippen LogP contribution is 2.39. The minimum Gasteiger partial charge on any atom is -0.316 e. The van der Waals surface area contributed by atoms with Gasteiger partial charge in [0.25, 0.3) is 0 Å². The van der Waals surface area contributed by atoms with Crippen molar-refractivity contribution in [3.8, 4) is 33.6 Å². The fourth-order valence-corrected chi connectivity index (χ4v) is 7.65. The highest BCUT2D eigenvalue weighted by atomic mass is 15.0. The zero-order valence-electron chi connectivity index (χ0n) is 26.2. The first-order valence-corrected chi connectivity index (χ1v) is 16.5. The molecule has 0 atom stereocenters. The van der Waals surface area contributed by atoms with Gasteiger partial charge < -0.3 is 9.13 Å². The molecular formula is C46H30N2. The summed E-state index contributed by atoms with van der Waals surface area (Å²) in [5.41, 5.74) is 10.8. The Morgan fingerprint density at radius 1 is 0.312 bits per heavy atom. The summed E-state index contributed by atoms with van der Waals surface area (Å²) in [7, 11) is 0. The van der Waals surface area contributed by atoms with E-state index >= 15 is 0 Å². The van der Waals surface area contributed by atoms with Crippen LogP contribution in [0.5, 0.6) is 0 Å². The second kappa shape index (κ2) is 10.6. The molecule has 0 aliphatic heterocycles. The molecule has 8 aromatic carbocycles. The molecule has 48 heavy (non-hydrogen) atoms. The van der Waals surface area contributed by atoms with E-state index in [1.54, 1.807) is 0 Å². The number of hydrogen-bond acceptors (Lipinski definition) is 0.